The number of rotatable bonds is 3. The second-order valence-corrected chi connectivity index (χ2v) is 2.91. The number of carboxylic acids is 1. The number of nitrogens with one attached hydrogen (secondary N) is 1. The Labute approximate surface area is 91.0 Å². The molecule has 6 nitrogen and oxygen atoms in total. The Morgan fingerprint density at radius 2 is 2.06 bits per heavy atom. The number of carbonyl (C=O) groups is 1. The van der Waals surface area contributed by atoms with Gasteiger partial charge in [0.2, 0.25) is 5.95 Å². The highest BCUT2D eigenvalue weighted by atomic mass is 16.4. The fourth-order valence-corrected chi connectivity index (χ4v) is 1.09. The lowest BCUT2D eigenvalue weighted by atomic mass is 10.4. The molecule has 2 heterocycles. The minimum atomic E-state index is -1.09. The van der Waals surface area contributed by atoms with Crippen LogP contribution in [0.5, 0.6) is 0 Å². The van der Waals surface area contributed by atoms with Gasteiger partial charge in [-0.25, -0.2) is 19.7 Å². The van der Waals surface area contributed by atoms with Gasteiger partial charge in [-0.1, -0.05) is 6.07 Å². The summed E-state index contributed by atoms with van der Waals surface area (Å²) >= 11 is 0. The zero-order valence-electron chi connectivity index (χ0n) is 8.16. The Bertz CT molecular complexity index is 501. The van der Waals surface area contributed by atoms with Crippen molar-refractivity contribution in [3.63, 3.8) is 0 Å². The summed E-state index contributed by atoms with van der Waals surface area (Å²) in [6, 6.07) is 6.64. The Morgan fingerprint density at radius 3 is 2.75 bits per heavy atom. The Kier molecular flexibility index (Phi) is 2.73. The van der Waals surface area contributed by atoms with Crippen LogP contribution in [0.3, 0.4) is 0 Å². The van der Waals surface area contributed by atoms with Crippen molar-refractivity contribution >= 4 is 17.7 Å². The molecular formula is C10H8N4O2. The minimum Gasteiger partial charge on any atom is -0.477 e. The van der Waals surface area contributed by atoms with Gasteiger partial charge in [0.1, 0.15) is 5.82 Å². The molecule has 0 aliphatic rings. The van der Waals surface area contributed by atoms with Gasteiger partial charge in [0.05, 0.1) is 0 Å². The molecule has 16 heavy (non-hydrogen) atoms. The smallest absolute Gasteiger partial charge is 0.354 e. The van der Waals surface area contributed by atoms with E-state index in [4.69, 9.17) is 5.11 Å². The lowest BCUT2D eigenvalue weighted by Gasteiger charge is -2.03. The number of aromatic nitrogens is 3. The molecule has 0 amide bonds. The molecule has 0 bridgehead atoms. The highest BCUT2D eigenvalue weighted by Gasteiger charge is 2.06. The molecule has 0 atom stereocenters. The average molecular weight is 216 g/mol. The van der Waals surface area contributed by atoms with Crippen LogP contribution >= 0.6 is 0 Å². The molecule has 2 N–H and O–H groups in total. The first-order valence-electron chi connectivity index (χ1n) is 4.50. The molecular weight excluding hydrogens is 208 g/mol. The predicted molar refractivity (Wildman–Crippen MR) is 56.5 cm³/mol. The summed E-state index contributed by atoms with van der Waals surface area (Å²) in [5.41, 5.74) is -0.0616. The second-order valence-electron chi connectivity index (χ2n) is 2.91. The molecule has 2 rings (SSSR count). The van der Waals surface area contributed by atoms with Crippen molar-refractivity contribution in [3.05, 3.63) is 42.4 Å². The summed E-state index contributed by atoms with van der Waals surface area (Å²) in [4.78, 5) is 22.4. The zero-order chi connectivity index (χ0) is 11.4. The van der Waals surface area contributed by atoms with Crippen LogP contribution in [0.2, 0.25) is 0 Å². The van der Waals surface area contributed by atoms with Crippen LogP contribution in [0, 0.1) is 0 Å². The van der Waals surface area contributed by atoms with E-state index in [0.29, 0.717) is 5.82 Å². The van der Waals surface area contributed by atoms with Crippen molar-refractivity contribution in [3.8, 4) is 0 Å². The van der Waals surface area contributed by atoms with Gasteiger partial charge in [0.15, 0.2) is 5.69 Å². The van der Waals surface area contributed by atoms with Crippen LogP contribution < -0.4 is 5.32 Å². The lowest BCUT2D eigenvalue weighted by molar-refractivity contribution is 0.0690. The number of hydrogen-bond donors (Lipinski definition) is 2. The first kappa shape index (κ1) is 10.0. The molecule has 6 heteroatoms. The highest BCUT2D eigenvalue weighted by molar-refractivity contribution is 5.85. The van der Waals surface area contributed by atoms with Gasteiger partial charge in [-0.2, -0.15) is 0 Å². The standard InChI is InChI=1S/C10H8N4O2/c15-9(16)7-4-6-12-10(13-7)14-8-3-1-2-5-11-8/h1-6H,(H,15,16)(H,11,12,13,14). The Hall–Kier alpha value is -2.50. The second kappa shape index (κ2) is 4.35. The zero-order valence-corrected chi connectivity index (χ0v) is 8.16. The summed E-state index contributed by atoms with van der Waals surface area (Å²) in [6.07, 6.45) is 2.99. The summed E-state index contributed by atoms with van der Waals surface area (Å²) in [5.74, 6) is -0.324. The highest BCUT2D eigenvalue weighted by Crippen LogP contribution is 2.08. The topological polar surface area (TPSA) is 88.0 Å². The van der Waals surface area contributed by atoms with E-state index in [2.05, 4.69) is 20.3 Å². The van der Waals surface area contributed by atoms with E-state index >= 15 is 0 Å². The SMILES string of the molecule is O=C(O)c1ccnc(Nc2ccccn2)n1. The summed E-state index contributed by atoms with van der Waals surface area (Å²) in [6.45, 7) is 0. The molecule has 80 valence electrons. The maximum atomic E-state index is 10.7. The van der Waals surface area contributed by atoms with Crippen molar-refractivity contribution in [1.82, 2.24) is 15.0 Å². The maximum absolute atomic E-state index is 10.7. The number of aromatic carboxylic acids is 1. The Balaban J connectivity index is 2.22. The van der Waals surface area contributed by atoms with E-state index in [9.17, 15) is 4.79 Å². The monoisotopic (exact) mass is 216 g/mol. The minimum absolute atomic E-state index is 0.0616. The van der Waals surface area contributed by atoms with Gasteiger partial charge < -0.3 is 10.4 Å². The summed E-state index contributed by atoms with van der Waals surface area (Å²) < 4.78 is 0. The van der Waals surface area contributed by atoms with E-state index in [-0.39, 0.29) is 11.6 Å². The molecule has 0 aromatic carbocycles. The van der Waals surface area contributed by atoms with E-state index in [1.807, 2.05) is 0 Å². The normalized spacial score (nSPS) is 9.75. The summed E-state index contributed by atoms with van der Waals surface area (Å²) in [7, 11) is 0. The number of anilines is 2. The Morgan fingerprint density at radius 1 is 1.19 bits per heavy atom. The molecule has 0 spiro atoms. The van der Waals surface area contributed by atoms with Crippen LogP contribution in [-0.2, 0) is 0 Å². The fourth-order valence-electron chi connectivity index (χ4n) is 1.09. The third-order valence-electron chi connectivity index (χ3n) is 1.78. The van der Waals surface area contributed by atoms with Crippen LogP contribution in [0.1, 0.15) is 10.5 Å². The molecule has 0 saturated heterocycles. The van der Waals surface area contributed by atoms with Crippen LogP contribution in [-0.4, -0.2) is 26.0 Å². The number of hydrogen-bond acceptors (Lipinski definition) is 5. The van der Waals surface area contributed by atoms with E-state index < -0.39 is 5.97 Å². The van der Waals surface area contributed by atoms with Crippen molar-refractivity contribution in [1.29, 1.82) is 0 Å². The molecule has 0 aliphatic carbocycles. The molecule has 2 aromatic heterocycles. The van der Waals surface area contributed by atoms with Crippen LogP contribution in [0.15, 0.2) is 36.7 Å². The van der Waals surface area contributed by atoms with E-state index in [1.165, 1.54) is 12.3 Å². The molecule has 0 aliphatic heterocycles. The molecule has 0 fully saturated rings. The van der Waals surface area contributed by atoms with E-state index in [1.54, 1.807) is 24.4 Å². The van der Waals surface area contributed by atoms with Gasteiger partial charge in [-0.15, -0.1) is 0 Å². The largest absolute Gasteiger partial charge is 0.477 e. The quantitative estimate of drug-likeness (QED) is 0.804. The fraction of sp³-hybridized carbons (Fsp3) is 0. The molecule has 0 radical (unpaired) electrons. The first-order chi connectivity index (χ1) is 7.75. The van der Waals surface area contributed by atoms with Gasteiger partial charge in [-0.3, -0.25) is 0 Å². The van der Waals surface area contributed by atoms with Crippen molar-refractivity contribution in [2.24, 2.45) is 0 Å². The first-order valence-corrected chi connectivity index (χ1v) is 4.50. The lowest BCUT2D eigenvalue weighted by Crippen LogP contribution is -2.05. The van der Waals surface area contributed by atoms with Crippen LogP contribution in [0.25, 0.3) is 0 Å². The van der Waals surface area contributed by atoms with Crippen molar-refractivity contribution in [2.45, 2.75) is 0 Å². The number of pyridine rings is 1. The van der Waals surface area contributed by atoms with Crippen molar-refractivity contribution < 1.29 is 9.90 Å². The maximum Gasteiger partial charge on any atom is 0.354 e. The molecule has 0 unspecified atom stereocenters. The number of nitrogens with zero attached hydrogens (tertiary/aromatic N) is 3. The van der Waals surface area contributed by atoms with E-state index in [0.717, 1.165) is 0 Å². The van der Waals surface area contributed by atoms with Gasteiger partial charge in [0.25, 0.3) is 0 Å². The summed E-state index contributed by atoms with van der Waals surface area (Å²) in [5, 5.41) is 11.5. The molecule has 2 aromatic rings. The van der Waals surface area contributed by atoms with Gasteiger partial charge in [-0.05, 0) is 18.2 Å². The van der Waals surface area contributed by atoms with Crippen molar-refractivity contribution in [2.75, 3.05) is 5.32 Å². The predicted octanol–water partition coefficient (Wildman–Crippen LogP) is 1.31. The third kappa shape index (κ3) is 2.30. The average Bonchev–Trinajstić information content (AvgIpc) is 2.30. The molecule has 0 saturated carbocycles. The van der Waals surface area contributed by atoms with Gasteiger partial charge >= 0.3 is 5.97 Å². The van der Waals surface area contributed by atoms with Gasteiger partial charge in [0, 0.05) is 12.4 Å². The third-order valence-corrected chi connectivity index (χ3v) is 1.78. The van der Waals surface area contributed by atoms with Crippen LogP contribution in [0.4, 0.5) is 11.8 Å². The number of carboxylic acid groups (broad SMARTS) is 1.